The maximum Gasteiger partial charge on any atom is 0.291 e. The van der Waals surface area contributed by atoms with E-state index in [1.54, 1.807) is 16.6 Å². The summed E-state index contributed by atoms with van der Waals surface area (Å²) in [6.07, 6.45) is 0. The monoisotopic (exact) mass is 417 g/mol. The van der Waals surface area contributed by atoms with Gasteiger partial charge in [0.1, 0.15) is 5.01 Å². The van der Waals surface area contributed by atoms with Crippen LogP contribution in [0.4, 0.5) is 5.69 Å². The van der Waals surface area contributed by atoms with Crippen LogP contribution in [0, 0.1) is 13.8 Å². The van der Waals surface area contributed by atoms with E-state index in [4.69, 9.17) is 4.42 Å². The topological polar surface area (TPSA) is 85.3 Å². The molecular weight excluding hydrogens is 406 g/mol. The van der Waals surface area contributed by atoms with Gasteiger partial charge in [-0.25, -0.2) is 0 Å². The van der Waals surface area contributed by atoms with E-state index in [9.17, 15) is 4.79 Å². The smallest absolute Gasteiger partial charge is 0.291 e. The second-order valence-corrected chi connectivity index (χ2v) is 7.17. The highest BCUT2D eigenvalue weighted by Gasteiger charge is 2.14. The van der Waals surface area contributed by atoms with E-state index in [1.807, 2.05) is 32.0 Å². The number of furan rings is 1. The van der Waals surface area contributed by atoms with Crippen LogP contribution in [-0.4, -0.2) is 25.7 Å². The molecule has 7 nitrogen and oxygen atoms in total. The second-order valence-electron chi connectivity index (χ2n) is 5.44. The fourth-order valence-corrected chi connectivity index (χ4v) is 3.58. The number of fused-ring (bicyclic) bond motifs is 1. The summed E-state index contributed by atoms with van der Waals surface area (Å²) < 4.78 is 7.51. The molecule has 9 heteroatoms. The summed E-state index contributed by atoms with van der Waals surface area (Å²) in [5.74, 6) is 0.707. The SMILES string of the molecule is Cc1cc(-c2nn3c(C)nnc3s2)ccc1NC(=O)c1ccc(Br)o1. The van der Waals surface area contributed by atoms with E-state index in [1.165, 1.54) is 11.3 Å². The van der Waals surface area contributed by atoms with Crippen LogP contribution in [0.15, 0.2) is 39.4 Å². The summed E-state index contributed by atoms with van der Waals surface area (Å²) in [5.41, 5.74) is 2.62. The zero-order valence-corrected chi connectivity index (χ0v) is 15.7. The zero-order valence-electron chi connectivity index (χ0n) is 13.3. The highest BCUT2D eigenvalue weighted by atomic mass is 79.9. The molecule has 0 aliphatic carbocycles. The lowest BCUT2D eigenvalue weighted by atomic mass is 10.1. The minimum Gasteiger partial charge on any atom is -0.444 e. The van der Waals surface area contributed by atoms with Crippen LogP contribution in [0.2, 0.25) is 0 Å². The molecular formula is C16H12BrN5O2S. The largest absolute Gasteiger partial charge is 0.444 e. The molecule has 126 valence electrons. The Morgan fingerprint density at radius 2 is 2.08 bits per heavy atom. The van der Waals surface area contributed by atoms with Crippen molar-refractivity contribution >= 4 is 43.8 Å². The summed E-state index contributed by atoms with van der Waals surface area (Å²) in [4.78, 5) is 13.0. The van der Waals surface area contributed by atoms with Gasteiger partial charge in [0.2, 0.25) is 4.96 Å². The van der Waals surface area contributed by atoms with Gasteiger partial charge in [0.15, 0.2) is 16.3 Å². The molecule has 0 aliphatic rings. The van der Waals surface area contributed by atoms with Crippen molar-refractivity contribution in [2.75, 3.05) is 5.32 Å². The molecule has 0 bridgehead atoms. The van der Waals surface area contributed by atoms with E-state index in [2.05, 4.69) is 36.5 Å². The first kappa shape index (κ1) is 16.0. The van der Waals surface area contributed by atoms with Crippen LogP contribution < -0.4 is 5.32 Å². The average Bonchev–Trinajstić information content (AvgIpc) is 3.27. The van der Waals surface area contributed by atoms with Crippen molar-refractivity contribution in [1.82, 2.24) is 19.8 Å². The number of carbonyl (C=O) groups excluding carboxylic acids is 1. The fraction of sp³-hybridized carbons (Fsp3) is 0.125. The molecule has 0 unspecified atom stereocenters. The number of rotatable bonds is 3. The third-order valence-electron chi connectivity index (χ3n) is 3.67. The Morgan fingerprint density at radius 1 is 1.24 bits per heavy atom. The molecule has 0 atom stereocenters. The number of benzene rings is 1. The van der Waals surface area contributed by atoms with Gasteiger partial charge in [-0.2, -0.15) is 9.61 Å². The number of aromatic nitrogens is 4. The normalized spacial score (nSPS) is 11.2. The fourth-order valence-electron chi connectivity index (χ4n) is 2.39. The zero-order chi connectivity index (χ0) is 17.6. The van der Waals surface area contributed by atoms with Crippen molar-refractivity contribution in [2.24, 2.45) is 0 Å². The number of nitrogens with zero attached hydrogens (tertiary/aromatic N) is 4. The molecule has 25 heavy (non-hydrogen) atoms. The van der Waals surface area contributed by atoms with Gasteiger partial charge in [0.05, 0.1) is 0 Å². The number of anilines is 1. The third-order valence-corrected chi connectivity index (χ3v) is 5.04. The number of nitrogens with one attached hydrogen (secondary N) is 1. The number of carbonyl (C=O) groups is 1. The highest BCUT2D eigenvalue weighted by Crippen LogP contribution is 2.29. The number of amides is 1. The summed E-state index contributed by atoms with van der Waals surface area (Å²) in [5, 5.41) is 16.3. The lowest BCUT2D eigenvalue weighted by Crippen LogP contribution is -2.11. The Hall–Kier alpha value is -2.52. The molecule has 0 radical (unpaired) electrons. The second kappa shape index (κ2) is 6.08. The van der Waals surface area contributed by atoms with Crippen molar-refractivity contribution in [3.63, 3.8) is 0 Å². The van der Waals surface area contributed by atoms with Crippen LogP contribution in [0.3, 0.4) is 0 Å². The quantitative estimate of drug-likeness (QED) is 0.542. The summed E-state index contributed by atoms with van der Waals surface area (Å²) in [6.45, 7) is 3.79. The predicted octanol–water partition coefficient (Wildman–Crippen LogP) is 4.08. The first-order valence-corrected chi connectivity index (χ1v) is 8.99. The van der Waals surface area contributed by atoms with E-state index in [0.29, 0.717) is 4.67 Å². The summed E-state index contributed by atoms with van der Waals surface area (Å²) in [6, 6.07) is 9.05. The Kier molecular flexibility index (Phi) is 3.89. The van der Waals surface area contributed by atoms with Gasteiger partial charge < -0.3 is 9.73 Å². The first-order valence-electron chi connectivity index (χ1n) is 7.38. The number of aryl methyl sites for hydroxylation is 2. The molecule has 4 rings (SSSR count). The van der Waals surface area contributed by atoms with Gasteiger partial charge >= 0.3 is 0 Å². The number of hydrogen-bond donors (Lipinski definition) is 1. The van der Waals surface area contributed by atoms with Crippen molar-refractivity contribution in [3.05, 3.63) is 52.1 Å². The predicted molar refractivity (Wildman–Crippen MR) is 97.9 cm³/mol. The standard InChI is InChI=1S/C16H12BrN5O2S/c1-8-7-10(15-21-22-9(2)19-20-16(22)25-15)3-4-11(8)18-14(23)12-5-6-13(17)24-12/h3-7H,1-2H3,(H,18,23). The lowest BCUT2D eigenvalue weighted by molar-refractivity contribution is 0.0995. The Bertz CT molecular complexity index is 1100. The molecule has 1 aromatic carbocycles. The molecule has 1 N–H and O–H groups in total. The van der Waals surface area contributed by atoms with E-state index in [-0.39, 0.29) is 11.7 Å². The number of halogens is 1. The van der Waals surface area contributed by atoms with Crippen molar-refractivity contribution in [2.45, 2.75) is 13.8 Å². The number of hydrogen-bond acceptors (Lipinski definition) is 6. The van der Waals surface area contributed by atoms with Gasteiger partial charge in [0.25, 0.3) is 5.91 Å². The molecule has 0 spiro atoms. The van der Waals surface area contributed by atoms with E-state index < -0.39 is 0 Å². The first-order chi connectivity index (χ1) is 12.0. The van der Waals surface area contributed by atoms with Crippen molar-refractivity contribution in [3.8, 4) is 10.6 Å². The van der Waals surface area contributed by atoms with Crippen LogP contribution in [0.5, 0.6) is 0 Å². The molecule has 3 heterocycles. The van der Waals surface area contributed by atoms with Crippen LogP contribution in [0.25, 0.3) is 15.5 Å². The molecule has 0 saturated carbocycles. The maximum absolute atomic E-state index is 12.2. The van der Waals surface area contributed by atoms with Gasteiger partial charge in [-0.1, -0.05) is 11.3 Å². The van der Waals surface area contributed by atoms with Gasteiger partial charge in [0, 0.05) is 11.3 Å². The third kappa shape index (κ3) is 2.96. The van der Waals surface area contributed by atoms with E-state index >= 15 is 0 Å². The summed E-state index contributed by atoms with van der Waals surface area (Å²) in [7, 11) is 0. The molecule has 0 aliphatic heterocycles. The minimum absolute atomic E-state index is 0.250. The van der Waals surface area contributed by atoms with Crippen LogP contribution >= 0.6 is 27.3 Å². The molecule has 1 amide bonds. The molecule has 3 aromatic heterocycles. The molecule has 0 fully saturated rings. The van der Waals surface area contributed by atoms with Crippen LogP contribution in [0.1, 0.15) is 21.9 Å². The van der Waals surface area contributed by atoms with Gasteiger partial charge in [-0.15, -0.1) is 10.2 Å². The lowest BCUT2D eigenvalue weighted by Gasteiger charge is -2.08. The maximum atomic E-state index is 12.2. The highest BCUT2D eigenvalue weighted by molar-refractivity contribution is 9.10. The Morgan fingerprint density at radius 3 is 2.76 bits per heavy atom. The Labute approximate surface area is 154 Å². The van der Waals surface area contributed by atoms with Crippen molar-refractivity contribution in [1.29, 1.82) is 0 Å². The van der Waals surface area contributed by atoms with Crippen LogP contribution in [-0.2, 0) is 0 Å². The minimum atomic E-state index is -0.295. The average molecular weight is 418 g/mol. The Balaban J connectivity index is 1.61. The van der Waals surface area contributed by atoms with Crippen molar-refractivity contribution < 1.29 is 9.21 Å². The summed E-state index contributed by atoms with van der Waals surface area (Å²) >= 11 is 4.66. The molecule has 4 aromatic rings. The van der Waals surface area contributed by atoms with Gasteiger partial charge in [-0.3, -0.25) is 4.79 Å². The molecule has 0 saturated heterocycles. The van der Waals surface area contributed by atoms with E-state index in [0.717, 1.165) is 32.6 Å². The van der Waals surface area contributed by atoms with Gasteiger partial charge in [-0.05, 0) is 65.7 Å².